The standard InChI is InChI=1S/C10H5Cl2N3S/c1-4-6-5-2-3-13-9(12)7(5)16-10(6)15-14-8(4)11/h2-3H,1H3. The summed E-state index contributed by atoms with van der Waals surface area (Å²) in [5.41, 5.74) is 0.931. The number of halogens is 2. The lowest BCUT2D eigenvalue weighted by molar-refractivity contribution is 1.07. The fraction of sp³-hybridized carbons (Fsp3) is 0.100. The molecule has 0 amide bonds. The topological polar surface area (TPSA) is 38.7 Å². The molecule has 0 spiro atoms. The summed E-state index contributed by atoms with van der Waals surface area (Å²) in [6, 6.07) is 1.92. The fourth-order valence-electron chi connectivity index (χ4n) is 1.68. The van der Waals surface area contributed by atoms with Crippen molar-refractivity contribution in [3.8, 4) is 0 Å². The van der Waals surface area contributed by atoms with E-state index in [0.29, 0.717) is 10.3 Å². The molecule has 0 bridgehead atoms. The Morgan fingerprint density at radius 1 is 1.19 bits per heavy atom. The molecule has 0 aromatic carbocycles. The van der Waals surface area contributed by atoms with Crippen LogP contribution in [0.15, 0.2) is 12.3 Å². The molecule has 3 rings (SSSR count). The second-order valence-corrected chi connectivity index (χ2v) is 5.09. The summed E-state index contributed by atoms with van der Waals surface area (Å²) in [6.45, 7) is 1.93. The Morgan fingerprint density at radius 2 is 2.00 bits per heavy atom. The van der Waals surface area contributed by atoms with Gasteiger partial charge in [-0.3, -0.25) is 0 Å². The third-order valence-corrected chi connectivity index (χ3v) is 4.31. The van der Waals surface area contributed by atoms with Gasteiger partial charge >= 0.3 is 0 Å². The molecule has 0 N–H and O–H groups in total. The van der Waals surface area contributed by atoms with E-state index in [4.69, 9.17) is 23.2 Å². The quantitative estimate of drug-likeness (QED) is 0.582. The number of aryl methyl sites for hydroxylation is 1. The van der Waals surface area contributed by atoms with Gasteiger partial charge in [0.15, 0.2) is 5.15 Å². The minimum Gasteiger partial charge on any atom is -0.243 e. The first-order valence-corrected chi connectivity index (χ1v) is 6.11. The summed E-state index contributed by atoms with van der Waals surface area (Å²) < 4.78 is 0.929. The molecule has 0 saturated carbocycles. The van der Waals surface area contributed by atoms with Gasteiger partial charge < -0.3 is 0 Å². The van der Waals surface area contributed by atoms with Crippen molar-refractivity contribution in [2.75, 3.05) is 0 Å². The van der Waals surface area contributed by atoms with E-state index in [1.165, 1.54) is 11.3 Å². The maximum absolute atomic E-state index is 6.04. The number of hydrogen-bond acceptors (Lipinski definition) is 4. The van der Waals surface area contributed by atoms with Crippen molar-refractivity contribution in [1.82, 2.24) is 15.2 Å². The SMILES string of the molecule is Cc1c(Cl)nnc2sc3c(Cl)nccc3c12. The maximum Gasteiger partial charge on any atom is 0.155 e. The minimum atomic E-state index is 0.431. The Labute approximate surface area is 105 Å². The van der Waals surface area contributed by atoms with E-state index >= 15 is 0 Å². The zero-order valence-corrected chi connectivity index (χ0v) is 10.5. The molecule has 0 fully saturated rings. The van der Waals surface area contributed by atoms with Gasteiger partial charge in [0.2, 0.25) is 0 Å². The van der Waals surface area contributed by atoms with Crippen molar-refractivity contribution >= 4 is 54.8 Å². The summed E-state index contributed by atoms with van der Waals surface area (Å²) >= 11 is 13.5. The van der Waals surface area contributed by atoms with Crippen LogP contribution < -0.4 is 0 Å². The van der Waals surface area contributed by atoms with Crippen LogP contribution in [0.2, 0.25) is 10.3 Å². The Kier molecular flexibility index (Phi) is 2.24. The fourth-order valence-corrected chi connectivity index (χ4v) is 3.14. The number of rotatable bonds is 0. The molecule has 3 aromatic heterocycles. The van der Waals surface area contributed by atoms with Gasteiger partial charge in [-0.2, -0.15) is 0 Å². The first-order valence-electron chi connectivity index (χ1n) is 4.54. The Morgan fingerprint density at radius 3 is 2.81 bits per heavy atom. The molecule has 80 valence electrons. The molecule has 0 saturated heterocycles. The van der Waals surface area contributed by atoms with Crippen LogP contribution in [0.3, 0.4) is 0 Å². The third-order valence-electron chi connectivity index (χ3n) is 2.46. The predicted molar refractivity (Wildman–Crippen MR) is 67.5 cm³/mol. The Hall–Kier alpha value is -0.970. The smallest absolute Gasteiger partial charge is 0.155 e. The van der Waals surface area contributed by atoms with E-state index in [-0.39, 0.29) is 0 Å². The van der Waals surface area contributed by atoms with Gasteiger partial charge in [0.25, 0.3) is 0 Å². The summed E-state index contributed by atoms with van der Waals surface area (Å²) in [5, 5.41) is 10.9. The maximum atomic E-state index is 6.04. The molecule has 0 aliphatic rings. The number of nitrogens with zero attached hydrogens (tertiary/aromatic N) is 3. The van der Waals surface area contributed by atoms with Crippen LogP contribution in [0.25, 0.3) is 20.3 Å². The molecule has 0 aliphatic heterocycles. The molecule has 3 nitrogen and oxygen atoms in total. The van der Waals surface area contributed by atoms with Crippen LogP contribution in [-0.2, 0) is 0 Å². The second-order valence-electron chi connectivity index (χ2n) is 3.38. The van der Waals surface area contributed by atoms with E-state index in [0.717, 1.165) is 25.9 Å². The molecule has 3 heterocycles. The summed E-state index contributed by atoms with van der Waals surface area (Å²) in [4.78, 5) is 4.89. The van der Waals surface area contributed by atoms with Crippen molar-refractivity contribution in [3.63, 3.8) is 0 Å². The van der Waals surface area contributed by atoms with E-state index in [9.17, 15) is 0 Å². The largest absolute Gasteiger partial charge is 0.243 e. The highest BCUT2D eigenvalue weighted by molar-refractivity contribution is 7.26. The molecule has 6 heteroatoms. The van der Waals surface area contributed by atoms with Crippen LogP contribution in [0.1, 0.15) is 5.56 Å². The lowest BCUT2D eigenvalue weighted by Gasteiger charge is -1.97. The average molecular weight is 270 g/mol. The lowest BCUT2D eigenvalue weighted by Crippen LogP contribution is -1.86. The van der Waals surface area contributed by atoms with Gasteiger partial charge in [-0.15, -0.1) is 21.5 Å². The normalized spacial score (nSPS) is 11.4. The number of hydrogen-bond donors (Lipinski definition) is 0. The zero-order chi connectivity index (χ0) is 11.3. The molecule has 0 radical (unpaired) electrons. The van der Waals surface area contributed by atoms with Gasteiger partial charge in [-0.05, 0) is 18.6 Å². The highest BCUT2D eigenvalue weighted by Gasteiger charge is 2.13. The van der Waals surface area contributed by atoms with Gasteiger partial charge in [-0.25, -0.2) is 4.98 Å². The van der Waals surface area contributed by atoms with Gasteiger partial charge in [0, 0.05) is 17.0 Å². The van der Waals surface area contributed by atoms with Crippen LogP contribution in [-0.4, -0.2) is 15.2 Å². The molecule has 16 heavy (non-hydrogen) atoms. The zero-order valence-electron chi connectivity index (χ0n) is 8.16. The molecule has 3 aromatic rings. The first-order chi connectivity index (χ1) is 7.68. The van der Waals surface area contributed by atoms with Gasteiger partial charge in [0.1, 0.15) is 9.98 Å². The van der Waals surface area contributed by atoms with Gasteiger partial charge in [0.05, 0.1) is 4.70 Å². The third kappa shape index (κ3) is 1.30. The van der Waals surface area contributed by atoms with Crippen LogP contribution in [0.5, 0.6) is 0 Å². The van der Waals surface area contributed by atoms with Crippen molar-refractivity contribution in [3.05, 3.63) is 28.1 Å². The van der Waals surface area contributed by atoms with Crippen LogP contribution >= 0.6 is 34.5 Å². The molecule has 0 aliphatic carbocycles. The predicted octanol–water partition coefficient (Wildman–Crippen LogP) is 3.85. The second kappa shape index (κ2) is 3.52. The highest BCUT2D eigenvalue weighted by Crippen LogP contribution is 2.38. The van der Waals surface area contributed by atoms with E-state index in [1.54, 1.807) is 6.20 Å². The molecular formula is C10H5Cl2N3S. The first kappa shape index (κ1) is 10.2. The van der Waals surface area contributed by atoms with Crippen molar-refractivity contribution < 1.29 is 0 Å². The van der Waals surface area contributed by atoms with E-state index < -0.39 is 0 Å². The van der Waals surface area contributed by atoms with Crippen molar-refractivity contribution in [2.24, 2.45) is 0 Å². The number of fused-ring (bicyclic) bond motifs is 3. The summed E-state index contributed by atoms with van der Waals surface area (Å²) in [7, 11) is 0. The van der Waals surface area contributed by atoms with Crippen molar-refractivity contribution in [2.45, 2.75) is 6.92 Å². The monoisotopic (exact) mass is 269 g/mol. The molecule has 0 unspecified atom stereocenters. The number of pyridine rings is 1. The van der Waals surface area contributed by atoms with Crippen LogP contribution in [0, 0.1) is 6.92 Å². The lowest BCUT2D eigenvalue weighted by atomic mass is 10.1. The molecular weight excluding hydrogens is 265 g/mol. The summed E-state index contributed by atoms with van der Waals surface area (Å²) in [5.74, 6) is 0. The Bertz CT molecular complexity index is 708. The van der Waals surface area contributed by atoms with Crippen molar-refractivity contribution in [1.29, 1.82) is 0 Å². The minimum absolute atomic E-state index is 0.431. The average Bonchev–Trinajstić information content (AvgIpc) is 2.64. The molecule has 0 atom stereocenters. The van der Waals surface area contributed by atoms with E-state index in [1.807, 2.05) is 13.0 Å². The summed E-state index contributed by atoms with van der Waals surface area (Å²) in [6.07, 6.45) is 1.69. The van der Waals surface area contributed by atoms with Crippen LogP contribution in [0.4, 0.5) is 0 Å². The van der Waals surface area contributed by atoms with Gasteiger partial charge in [-0.1, -0.05) is 23.2 Å². The van der Waals surface area contributed by atoms with E-state index in [2.05, 4.69) is 15.2 Å². The number of thiophene rings is 1. The highest BCUT2D eigenvalue weighted by atomic mass is 35.5. The Balaban J connectivity index is 2.63. The number of aromatic nitrogens is 3.